The zero-order valence-electron chi connectivity index (χ0n) is 14.9. The second-order valence-electron chi connectivity index (χ2n) is 7.98. The van der Waals surface area contributed by atoms with E-state index in [-0.39, 0.29) is 0 Å². The van der Waals surface area contributed by atoms with Gasteiger partial charge in [-0.25, -0.2) is 0 Å². The van der Waals surface area contributed by atoms with Crippen LogP contribution in [0, 0.1) is 23.7 Å². The fraction of sp³-hybridized carbons (Fsp3) is 1.00. The summed E-state index contributed by atoms with van der Waals surface area (Å²) in [4.78, 5) is 2.63. The Morgan fingerprint density at radius 1 is 1.00 bits per heavy atom. The molecule has 2 heteroatoms. The lowest BCUT2D eigenvalue weighted by Gasteiger charge is -2.39. The summed E-state index contributed by atoms with van der Waals surface area (Å²) in [6.45, 7) is 10.9. The van der Waals surface area contributed by atoms with E-state index in [4.69, 9.17) is 0 Å². The van der Waals surface area contributed by atoms with Crippen LogP contribution in [0.2, 0.25) is 0 Å². The summed E-state index contributed by atoms with van der Waals surface area (Å²) in [5, 5.41) is 3.84. The predicted octanol–water partition coefficient (Wildman–Crippen LogP) is 4.16. The number of rotatable bonds is 9. The lowest BCUT2D eigenvalue weighted by atomic mass is 9.76. The van der Waals surface area contributed by atoms with Crippen molar-refractivity contribution in [2.45, 2.75) is 71.8 Å². The molecule has 0 aliphatic heterocycles. The first-order chi connectivity index (χ1) is 10.1. The van der Waals surface area contributed by atoms with Crippen LogP contribution in [0.15, 0.2) is 0 Å². The molecule has 2 aliphatic rings. The average molecular weight is 295 g/mol. The van der Waals surface area contributed by atoms with Gasteiger partial charge in [-0.3, -0.25) is 0 Å². The highest BCUT2D eigenvalue weighted by molar-refractivity contribution is 4.89. The van der Waals surface area contributed by atoms with E-state index >= 15 is 0 Å². The number of hydrogen-bond donors (Lipinski definition) is 1. The van der Waals surface area contributed by atoms with E-state index in [9.17, 15) is 0 Å². The maximum Gasteiger partial charge on any atom is 0.0108 e. The summed E-state index contributed by atoms with van der Waals surface area (Å²) in [5.41, 5.74) is 0. The molecule has 0 saturated heterocycles. The molecular weight excluding hydrogens is 256 g/mol. The highest BCUT2D eigenvalue weighted by Crippen LogP contribution is 2.38. The molecule has 0 heterocycles. The topological polar surface area (TPSA) is 15.3 Å². The average Bonchev–Trinajstić information content (AvgIpc) is 3.13. The molecule has 1 N–H and O–H groups in total. The molecule has 2 saturated carbocycles. The van der Waals surface area contributed by atoms with Gasteiger partial charge in [-0.1, -0.05) is 33.6 Å². The minimum absolute atomic E-state index is 0.775. The zero-order chi connectivity index (χ0) is 15.2. The van der Waals surface area contributed by atoms with Gasteiger partial charge in [0.25, 0.3) is 0 Å². The summed E-state index contributed by atoms with van der Waals surface area (Å²) in [6.07, 6.45) is 9.85. The summed E-state index contributed by atoms with van der Waals surface area (Å²) < 4.78 is 0. The highest BCUT2D eigenvalue weighted by atomic mass is 15.1. The molecule has 124 valence electrons. The molecule has 5 unspecified atom stereocenters. The molecule has 0 radical (unpaired) electrons. The third-order valence-electron chi connectivity index (χ3n) is 5.81. The van der Waals surface area contributed by atoms with Gasteiger partial charge in [0.15, 0.2) is 0 Å². The van der Waals surface area contributed by atoms with Crippen LogP contribution >= 0.6 is 0 Å². The van der Waals surface area contributed by atoms with Crippen molar-refractivity contribution in [1.29, 1.82) is 0 Å². The predicted molar refractivity (Wildman–Crippen MR) is 92.6 cm³/mol. The fourth-order valence-corrected chi connectivity index (χ4v) is 4.36. The van der Waals surface area contributed by atoms with E-state index in [1.54, 1.807) is 0 Å². The smallest absolute Gasteiger partial charge is 0.0108 e. The van der Waals surface area contributed by atoms with Crippen molar-refractivity contribution in [3.63, 3.8) is 0 Å². The van der Waals surface area contributed by atoms with E-state index < -0.39 is 0 Å². The quantitative estimate of drug-likeness (QED) is 0.687. The van der Waals surface area contributed by atoms with Crippen molar-refractivity contribution in [2.24, 2.45) is 23.7 Å². The van der Waals surface area contributed by atoms with Crippen LogP contribution in [0.4, 0.5) is 0 Å². The van der Waals surface area contributed by atoms with Crippen LogP contribution in [0.1, 0.15) is 65.7 Å². The maximum absolute atomic E-state index is 3.84. The van der Waals surface area contributed by atoms with Crippen LogP contribution in [0.3, 0.4) is 0 Å². The summed E-state index contributed by atoms with van der Waals surface area (Å²) in [7, 11) is 2.35. The molecule has 0 aromatic rings. The summed E-state index contributed by atoms with van der Waals surface area (Å²) >= 11 is 0. The third-order valence-corrected chi connectivity index (χ3v) is 5.81. The zero-order valence-corrected chi connectivity index (χ0v) is 14.9. The Kier molecular flexibility index (Phi) is 7.01. The van der Waals surface area contributed by atoms with Crippen molar-refractivity contribution in [3.8, 4) is 0 Å². The summed E-state index contributed by atoms with van der Waals surface area (Å²) in [5.74, 6) is 3.85. The van der Waals surface area contributed by atoms with Crippen molar-refractivity contribution in [3.05, 3.63) is 0 Å². The van der Waals surface area contributed by atoms with Crippen LogP contribution in [-0.4, -0.2) is 37.6 Å². The second kappa shape index (κ2) is 8.53. The van der Waals surface area contributed by atoms with Gasteiger partial charge >= 0.3 is 0 Å². The van der Waals surface area contributed by atoms with Crippen molar-refractivity contribution in [1.82, 2.24) is 10.2 Å². The van der Waals surface area contributed by atoms with Crippen molar-refractivity contribution < 1.29 is 0 Å². The van der Waals surface area contributed by atoms with E-state index in [1.165, 1.54) is 64.6 Å². The molecule has 0 spiro atoms. The van der Waals surface area contributed by atoms with Crippen LogP contribution in [0.5, 0.6) is 0 Å². The Balaban J connectivity index is 1.82. The van der Waals surface area contributed by atoms with Gasteiger partial charge < -0.3 is 10.2 Å². The molecule has 0 amide bonds. The van der Waals surface area contributed by atoms with Crippen LogP contribution in [-0.2, 0) is 0 Å². The first-order valence-corrected chi connectivity index (χ1v) is 9.55. The van der Waals surface area contributed by atoms with Gasteiger partial charge in [-0.2, -0.15) is 0 Å². The lowest BCUT2D eigenvalue weighted by molar-refractivity contribution is 0.146. The first-order valence-electron chi connectivity index (χ1n) is 9.55. The van der Waals surface area contributed by atoms with Gasteiger partial charge in [0.1, 0.15) is 0 Å². The molecule has 5 atom stereocenters. The van der Waals surface area contributed by atoms with E-state index in [2.05, 4.69) is 38.0 Å². The standard InChI is InChI=1S/C19H38N2/c1-5-7-16-8-9-19(20-10-6-2)18(12-16)14-21(4)13-17-11-15(17)3/h15-20H,5-14H2,1-4H3. The summed E-state index contributed by atoms with van der Waals surface area (Å²) in [6, 6.07) is 0.775. The van der Waals surface area contributed by atoms with Gasteiger partial charge in [0.2, 0.25) is 0 Å². The normalized spacial score (nSPS) is 36.1. The molecule has 0 aromatic carbocycles. The monoisotopic (exact) mass is 294 g/mol. The fourth-order valence-electron chi connectivity index (χ4n) is 4.36. The molecule has 21 heavy (non-hydrogen) atoms. The van der Waals surface area contributed by atoms with E-state index in [1.807, 2.05) is 0 Å². The molecule has 2 aliphatic carbocycles. The molecule has 2 rings (SSSR count). The number of nitrogens with zero attached hydrogens (tertiary/aromatic N) is 1. The Hall–Kier alpha value is -0.0800. The molecule has 0 bridgehead atoms. The minimum atomic E-state index is 0.775. The van der Waals surface area contributed by atoms with Crippen LogP contribution < -0.4 is 5.32 Å². The second-order valence-corrected chi connectivity index (χ2v) is 7.98. The molecule has 2 nitrogen and oxygen atoms in total. The Morgan fingerprint density at radius 3 is 2.33 bits per heavy atom. The number of nitrogens with one attached hydrogen (secondary N) is 1. The van der Waals surface area contributed by atoms with Crippen LogP contribution in [0.25, 0.3) is 0 Å². The van der Waals surface area contributed by atoms with Gasteiger partial charge in [0.05, 0.1) is 0 Å². The maximum atomic E-state index is 3.84. The first kappa shape index (κ1) is 17.3. The van der Waals surface area contributed by atoms with E-state index in [0.717, 1.165) is 29.7 Å². The Labute approximate surface area is 133 Å². The SMILES string of the molecule is CCCNC1CCC(CCC)CC1CN(C)CC1CC1C. The Morgan fingerprint density at radius 2 is 1.71 bits per heavy atom. The minimum Gasteiger partial charge on any atom is -0.314 e. The number of hydrogen-bond acceptors (Lipinski definition) is 2. The van der Waals surface area contributed by atoms with Gasteiger partial charge in [-0.05, 0) is 69.4 Å². The Bertz CT molecular complexity index is 291. The largest absolute Gasteiger partial charge is 0.314 e. The molecular formula is C19H38N2. The lowest BCUT2D eigenvalue weighted by Crippen LogP contribution is -2.45. The molecule has 0 aromatic heterocycles. The van der Waals surface area contributed by atoms with Gasteiger partial charge in [0, 0.05) is 19.1 Å². The highest BCUT2D eigenvalue weighted by Gasteiger charge is 2.35. The third kappa shape index (κ3) is 5.56. The van der Waals surface area contributed by atoms with Crippen molar-refractivity contribution >= 4 is 0 Å². The van der Waals surface area contributed by atoms with Gasteiger partial charge in [-0.15, -0.1) is 0 Å². The van der Waals surface area contributed by atoms with E-state index in [0.29, 0.717) is 0 Å². The van der Waals surface area contributed by atoms with Crippen molar-refractivity contribution in [2.75, 3.05) is 26.7 Å². The molecule has 2 fully saturated rings.